The second-order valence-corrected chi connectivity index (χ2v) is 11.4. The number of rotatable bonds is 8. The molecule has 0 unspecified atom stereocenters. The van der Waals surface area contributed by atoms with Gasteiger partial charge in [-0.1, -0.05) is 24.3 Å². The molecule has 9 nitrogen and oxygen atoms in total. The van der Waals surface area contributed by atoms with E-state index in [1.165, 1.54) is 12.1 Å². The maximum Gasteiger partial charge on any atom is 0.241 e. The van der Waals surface area contributed by atoms with E-state index < -0.39 is 21.0 Å². The molecule has 2 heterocycles. The second kappa shape index (κ2) is 8.88. The van der Waals surface area contributed by atoms with Gasteiger partial charge in [0.25, 0.3) is 0 Å². The number of aromatic nitrogens is 1. The van der Waals surface area contributed by atoms with Gasteiger partial charge in [0, 0.05) is 9.84 Å². The van der Waals surface area contributed by atoms with Crippen molar-refractivity contribution >= 4 is 21.7 Å². The van der Waals surface area contributed by atoms with Crippen LogP contribution in [0.25, 0.3) is 11.3 Å². The number of hydrogen-bond donors (Lipinski definition) is 3. The average Bonchev–Trinajstić information content (AvgIpc) is 3.54. The second-order valence-electron chi connectivity index (χ2n) is 9.68. The first-order valence-corrected chi connectivity index (χ1v) is 13.0. The minimum absolute atomic E-state index is 0. The van der Waals surface area contributed by atoms with E-state index >= 15 is 0 Å². The number of fused-ring (bicyclic) bond motifs is 1. The van der Waals surface area contributed by atoms with Gasteiger partial charge in [0.15, 0.2) is 11.5 Å². The van der Waals surface area contributed by atoms with E-state index in [4.69, 9.17) is 9.47 Å². The van der Waals surface area contributed by atoms with Crippen molar-refractivity contribution in [2.45, 2.75) is 42.5 Å². The van der Waals surface area contributed by atoms with Crippen molar-refractivity contribution in [1.82, 2.24) is 9.71 Å². The van der Waals surface area contributed by atoms with E-state index in [9.17, 15) is 18.3 Å². The fourth-order valence-corrected chi connectivity index (χ4v) is 5.53. The molecule has 0 saturated heterocycles. The molecule has 0 atom stereocenters. The lowest BCUT2D eigenvalue weighted by Crippen LogP contribution is -2.46. The molecule has 1 aliphatic carbocycles. The van der Waals surface area contributed by atoms with Crippen molar-refractivity contribution in [3.63, 3.8) is 0 Å². The Morgan fingerprint density at radius 1 is 1.08 bits per heavy atom. The number of aliphatic hydroxyl groups excluding tert-OH is 1. The summed E-state index contributed by atoms with van der Waals surface area (Å²) in [5.74, 6) is 1.60. The monoisotopic (exact) mass is 515 g/mol. The van der Waals surface area contributed by atoms with Crippen molar-refractivity contribution in [3.05, 3.63) is 66.2 Å². The molecule has 0 spiro atoms. The molecule has 36 heavy (non-hydrogen) atoms. The van der Waals surface area contributed by atoms with Crippen LogP contribution in [-0.4, -0.2) is 43.4 Å². The van der Waals surface area contributed by atoms with E-state index in [1.54, 1.807) is 44.2 Å². The molecule has 3 N–H and O–H groups in total. The summed E-state index contributed by atoms with van der Waals surface area (Å²) in [6, 6.07) is 17.2. The molecule has 1 fully saturated rings. The predicted octanol–water partition coefficient (Wildman–Crippen LogP) is 3.93. The number of nitrogens with zero attached hydrogens (tertiary/aromatic N) is 1. The molecule has 2 aliphatic rings. The molecule has 5 rings (SSSR count). The summed E-state index contributed by atoms with van der Waals surface area (Å²) in [5, 5.41) is 12.3. The summed E-state index contributed by atoms with van der Waals surface area (Å²) in [7, 11) is -3.80. The van der Waals surface area contributed by atoms with Crippen LogP contribution >= 0.6 is 0 Å². The molecule has 1 aromatic heterocycles. The molecule has 1 aliphatic heterocycles. The van der Waals surface area contributed by atoms with Crippen LogP contribution in [0.2, 0.25) is 0 Å². The molecule has 194 valence electrons. The summed E-state index contributed by atoms with van der Waals surface area (Å²) in [4.78, 5) is 17.9. The molecule has 1 amide bonds. The first-order chi connectivity index (χ1) is 17.1. The smallest absolute Gasteiger partial charge is 0.241 e. The highest BCUT2D eigenvalue weighted by Gasteiger charge is 2.51. The van der Waals surface area contributed by atoms with E-state index in [1.807, 2.05) is 18.2 Å². The largest absolute Gasteiger partial charge is 0.454 e. The molecular formula is C26H33N3O6S. The van der Waals surface area contributed by atoms with Crippen LogP contribution in [0.4, 0.5) is 5.82 Å². The summed E-state index contributed by atoms with van der Waals surface area (Å²) >= 11 is 0. The third kappa shape index (κ3) is 4.67. The molecule has 1 saturated carbocycles. The topological polar surface area (TPSA) is 127 Å². The van der Waals surface area contributed by atoms with E-state index in [2.05, 4.69) is 15.0 Å². The molecule has 0 bridgehead atoms. The van der Waals surface area contributed by atoms with Gasteiger partial charge in [-0.2, -0.15) is 0 Å². The number of amides is 1. The number of benzene rings is 2. The van der Waals surface area contributed by atoms with Crippen molar-refractivity contribution in [2.24, 2.45) is 0 Å². The Morgan fingerprint density at radius 3 is 2.50 bits per heavy atom. The average molecular weight is 516 g/mol. The fourth-order valence-electron chi connectivity index (χ4n) is 4.13. The maximum absolute atomic E-state index is 13.2. The first kappa shape index (κ1) is 24.2. The Balaban J connectivity index is 0.00000178. The van der Waals surface area contributed by atoms with Crippen molar-refractivity contribution < 1.29 is 32.1 Å². The Bertz CT molecular complexity index is 1430. The quantitative estimate of drug-likeness (QED) is 0.415. The number of nitrogens with one attached hydrogen (secondary N) is 2. The zero-order valence-electron chi connectivity index (χ0n) is 19.9. The number of carbonyl (C=O) groups is 1. The predicted molar refractivity (Wildman–Crippen MR) is 140 cm³/mol. The minimum atomic E-state index is -3.80. The maximum atomic E-state index is 13.2. The number of pyridine rings is 1. The lowest BCUT2D eigenvalue weighted by Gasteiger charge is -2.23. The molecule has 0 radical (unpaired) electrons. The lowest BCUT2D eigenvalue weighted by molar-refractivity contribution is -0.118. The number of anilines is 1. The van der Waals surface area contributed by atoms with Crippen LogP contribution in [-0.2, 0) is 20.2 Å². The highest BCUT2D eigenvalue weighted by molar-refractivity contribution is 7.89. The zero-order chi connectivity index (χ0) is 25.6. The number of carbonyl (C=O) groups excluding carboxylic acids is 1. The van der Waals surface area contributed by atoms with Crippen molar-refractivity contribution in [3.8, 4) is 22.8 Å². The van der Waals surface area contributed by atoms with Crippen LogP contribution in [0.15, 0.2) is 65.6 Å². The van der Waals surface area contributed by atoms with Gasteiger partial charge in [-0.05, 0) is 68.7 Å². The zero-order valence-corrected chi connectivity index (χ0v) is 20.8. The van der Waals surface area contributed by atoms with Gasteiger partial charge in [0.2, 0.25) is 22.7 Å². The van der Waals surface area contributed by atoms with E-state index in [0.29, 0.717) is 28.6 Å². The van der Waals surface area contributed by atoms with Crippen LogP contribution in [0.3, 0.4) is 0 Å². The summed E-state index contributed by atoms with van der Waals surface area (Å²) in [6.07, 6.45) is 1.46. The van der Waals surface area contributed by atoms with Crippen LogP contribution in [0.5, 0.6) is 11.5 Å². The van der Waals surface area contributed by atoms with Gasteiger partial charge in [0.1, 0.15) is 5.82 Å². The first-order valence-electron chi connectivity index (χ1n) is 11.6. The third-order valence-electron chi connectivity index (χ3n) is 6.37. The van der Waals surface area contributed by atoms with Gasteiger partial charge in [-0.15, -0.1) is 0 Å². The summed E-state index contributed by atoms with van der Waals surface area (Å²) in [5.41, 5.74) is 0.571. The summed E-state index contributed by atoms with van der Waals surface area (Å²) < 4.78 is 38.5. The molecule has 2 aromatic carbocycles. The Labute approximate surface area is 214 Å². The fraction of sp³-hybridized carbons (Fsp3) is 0.308. The Hall–Kier alpha value is -3.47. The van der Waals surface area contributed by atoms with Crippen molar-refractivity contribution in [2.75, 3.05) is 18.7 Å². The molecular weight excluding hydrogens is 482 g/mol. The van der Waals surface area contributed by atoms with Gasteiger partial charge in [-0.3, -0.25) is 4.79 Å². The highest BCUT2D eigenvalue weighted by Crippen LogP contribution is 2.51. The Kier molecular flexibility index (Phi) is 5.98. The Morgan fingerprint density at radius 2 is 1.81 bits per heavy atom. The highest BCUT2D eigenvalue weighted by atomic mass is 32.2. The van der Waals surface area contributed by atoms with Gasteiger partial charge < -0.3 is 19.9 Å². The molecule has 10 heteroatoms. The SMILES string of the molecule is CC(C)(CO)NS(=O)(=O)c1ccc(-c2cccc(NC(=O)C3(c4ccc5c(c4)OCO5)CC3)n2)cc1.[HH].[HH].[HH]. The van der Waals surface area contributed by atoms with E-state index in [0.717, 1.165) is 18.4 Å². The summed E-state index contributed by atoms with van der Waals surface area (Å²) in [6.45, 7) is 3.04. The van der Waals surface area contributed by atoms with Crippen molar-refractivity contribution in [1.29, 1.82) is 0 Å². The normalized spacial score (nSPS) is 16.0. The number of hydrogen-bond acceptors (Lipinski definition) is 7. The van der Waals surface area contributed by atoms with E-state index in [-0.39, 0.29) is 28.5 Å². The standard InChI is InChI=1S/C26H27N3O6S.3H2/c1-25(2,15-30)29-36(32,33)19-9-6-17(7-10-19)20-4-3-5-23(27-20)28-24(31)26(12-13-26)18-8-11-21-22(14-18)35-16-34-21;;;/h3-11,14,29-30H,12-13,15-16H2,1-2H3,(H,27,28,31);3*1H. The number of ether oxygens (including phenoxy) is 2. The third-order valence-corrected chi connectivity index (χ3v) is 8.08. The minimum Gasteiger partial charge on any atom is -0.454 e. The van der Waals surface area contributed by atoms with Crippen LogP contribution in [0, 0.1) is 0 Å². The van der Waals surface area contributed by atoms with Gasteiger partial charge in [0.05, 0.1) is 28.2 Å². The van der Waals surface area contributed by atoms with Gasteiger partial charge in [-0.25, -0.2) is 18.1 Å². The van der Waals surface area contributed by atoms with Crippen LogP contribution < -0.4 is 19.5 Å². The van der Waals surface area contributed by atoms with Gasteiger partial charge >= 0.3 is 0 Å². The molecule has 3 aromatic rings. The lowest BCUT2D eigenvalue weighted by atomic mass is 9.94. The van der Waals surface area contributed by atoms with Crippen LogP contribution in [0.1, 0.15) is 36.5 Å². The number of sulfonamides is 1. The number of aliphatic hydroxyl groups is 1.